The summed E-state index contributed by atoms with van der Waals surface area (Å²) in [4.78, 5) is 23.6. The van der Waals surface area contributed by atoms with Gasteiger partial charge in [0.2, 0.25) is 0 Å². The van der Waals surface area contributed by atoms with Crippen molar-refractivity contribution in [3.63, 3.8) is 0 Å². The lowest BCUT2D eigenvalue weighted by Gasteiger charge is -2.30. The molecule has 5 nitrogen and oxygen atoms in total. The normalized spacial score (nSPS) is 15.9. The molecule has 0 radical (unpaired) electrons. The van der Waals surface area contributed by atoms with E-state index in [9.17, 15) is 18.0 Å². The first-order chi connectivity index (χ1) is 15.4. The van der Waals surface area contributed by atoms with E-state index in [1.54, 1.807) is 17.2 Å². The van der Waals surface area contributed by atoms with Gasteiger partial charge in [0.1, 0.15) is 11.5 Å². The zero-order chi connectivity index (χ0) is 22.3. The number of carbonyl (C=O) groups is 1. The standard InChI is InChI=1S/C24H21F3N4O/c25-24(26,27)17-6-8-18(9-7-17)29-20-3-1-2-16-14-31(13-11-19(16)20)23(32)21-10-12-28-22(30-21)15-4-5-15/h1-3,6-10,12,15,29H,4-5,11,13-14H2. The molecule has 1 aliphatic heterocycles. The highest BCUT2D eigenvalue weighted by Crippen LogP contribution is 2.38. The molecule has 1 saturated carbocycles. The third-order valence-corrected chi connectivity index (χ3v) is 5.88. The van der Waals surface area contributed by atoms with E-state index in [2.05, 4.69) is 15.3 Å². The molecule has 8 heteroatoms. The van der Waals surface area contributed by atoms with Crippen LogP contribution in [0.15, 0.2) is 54.7 Å². The molecule has 0 spiro atoms. The number of hydrogen-bond acceptors (Lipinski definition) is 4. The van der Waals surface area contributed by atoms with Crippen molar-refractivity contribution in [3.05, 3.63) is 82.9 Å². The fourth-order valence-electron chi connectivity index (χ4n) is 3.99. The van der Waals surface area contributed by atoms with E-state index in [1.807, 2.05) is 18.2 Å². The molecule has 0 unspecified atom stereocenters. The molecule has 0 saturated heterocycles. The van der Waals surface area contributed by atoms with E-state index in [0.29, 0.717) is 36.8 Å². The maximum atomic E-state index is 13.0. The molecule has 164 valence electrons. The van der Waals surface area contributed by atoms with E-state index >= 15 is 0 Å². The number of anilines is 2. The first-order valence-corrected chi connectivity index (χ1v) is 10.6. The zero-order valence-corrected chi connectivity index (χ0v) is 17.2. The van der Waals surface area contributed by atoms with Crippen LogP contribution in [0.2, 0.25) is 0 Å². The second-order valence-electron chi connectivity index (χ2n) is 8.19. The van der Waals surface area contributed by atoms with Crippen molar-refractivity contribution < 1.29 is 18.0 Å². The van der Waals surface area contributed by atoms with E-state index < -0.39 is 11.7 Å². The van der Waals surface area contributed by atoms with E-state index in [0.717, 1.165) is 47.6 Å². The van der Waals surface area contributed by atoms with Crippen LogP contribution < -0.4 is 5.32 Å². The molecule has 1 amide bonds. The highest BCUT2D eigenvalue weighted by Gasteiger charge is 2.30. The monoisotopic (exact) mass is 438 g/mol. The summed E-state index contributed by atoms with van der Waals surface area (Å²) in [7, 11) is 0. The molecular weight excluding hydrogens is 417 g/mol. The number of nitrogens with one attached hydrogen (secondary N) is 1. The minimum absolute atomic E-state index is 0.110. The molecule has 2 heterocycles. The molecule has 0 atom stereocenters. The SMILES string of the molecule is O=C(c1ccnc(C2CC2)n1)N1CCc2c(cccc2Nc2ccc(C(F)(F)F)cc2)C1. The highest BCUT2D eigenvalue weighted by atomic mass is 19.4. The van der Waals surface area contributed by atoms with Gasteiger partial charge in [-0.3, -0.25) is 4.79 Å². The van der Waals surface area contributed by atoms with Gasteiger partial charge in [0.05, 0.1) is 5.56 Å². The maximum Gasteiger partial charge on any atom is 0.416 e. The summed E-state index contributed by atoms with van der Waals surface area (Å²) in [5.74, 6) is 1.01. The van der Waals surface area contributed by atoms with Crippen molar-refractivity contribution in [2.75, 3.05) is 11.9 Å². The predicted octanol–water partition coefficient (Wildman–Crippen LogP) is 5.31. The van der Waals surface area contributed by atoms with Gasteiger partial charge in [-0.05, 0) is 66.8 Å². The lowest BCUT2D eigenvalue weighted by atomic mass is 9.97. The van der Waals surface area contributed by atoms with Crippen molar-refractivity contribution in [2.24, 2.45) is 0 Å². The van der Waals surface area contributed by atoms with Gasteiger partial charge in [-0.15, -0.1) is 0 Å². The molecule has 3 aromatic rings. The summed E-state index contributed by atoms with van der Waals surface area (Å²) < 4.78 is 38.4. The number of rotatable bonds is 4. The molecule has 2 aliphatic rings. The van der Waals surface area contributed by atoms with Crippen LogP contribution in [0.5, 0.6) is 0 Å². The summed E-state index contributed by atoms with van der Waals surface area (Å²) in [6, 6.07) is 12.4. The van der Waals surface area contributed by atoms with Gasteiger partial charge in [-0.25, -0.2) is 9.97 Å². The summed E-state index contributed by atoms with van der Waals surface area (Å²) in [6.45, 7) is 1.000. The molecule has 1 fully saturated rings. The van der Waals surface area contributed by atoms with Crippen molar-refractivity contribution >= 4 is 17.3 Å². The third kappa shape index (κ3) is 4.17. The van der Waals surface area contributed by atoms with Crippen LogP contribution in [0.4, 0.5) is 24.5 Å². The molecule has 32 heavy (non-hydrogen) atoms. The lowest BCUT2D eigenvalue weighted by Crippen LogP contribution is -2.36. The summed E-state index contributed by atoms with van der Waals surface area (Å²) >= 11 is 0. The number of alkyl halides is 3. The van der Waals surface area contributed by atoms with Crippen molar-refractivity contribution in [2.45, 2.75) is 37.9 Å². The minimum Gasteiger partial charge on any atom is -0.355 e. The number of benzene rings is 2. The molecule has 1 aromatic heterocycles. The maximum absolute atomic E-state index is 13.0. The number of carbonyl (C=O) groups excluding carboxylic acids is 1. The van der Waals surface area contributed by atoms with Crippen molar-refractivity contribution in [1.29, 1.82) is 0 Å². The van der Waals surface area contributed by atoms with Crippen LogP contribution in [0.3, 0.4) is 0 Å². The Hall–Kier alpha value is -3.42. The summed E-state index contributed by atoms with van der Waals surface area (Å²) in [5.41, 5.74) is 3.24. The van der Waals surface area contributed by atoms with Gasteiger partial charge in [-0.2, -0.15) is 13.2 Å². The van der Waals surface area contributed by atoms with Gasteiger partial charge in [-0.1, -0.05) is 12.1 Å². The van der Waals surface area contributed by atoms with Gasteiger partial charge >= 0.3 is 6.18 Å². The van der Waals surface area contributed by atoms with Gasteiger partial charge in [0.25, 0.3) is 5.91 Å². The van der Waals surface area contributed by atoms with Crippen LogP contribution in [0.1, 0.15) is 51.8 Å². The Morgan fingerprint density at radius 1 is 1.06 bits per heavy atom. The Bertz CT molecular complexity index is 1160. The van der Waals surface area contributed by atoms with Crippen LogP contribution >= 0.6 is 0 Å². The quantitative estimate of drug-likeness (QED) is 0.599. The topological polar surface area (TPSA) is 58.1 Å². The van der Waals surface area contributed by atoms with Crippen LogP contribution in [-0.2, 0) is 19.1 Å². The minimum atomic E-state index is -4.36. The average molecular weight is 438 g/mol. The van der Waals surface area contributed by atoms with Gasteiger partial charge < -0.3 is 10.2 Å². The molecule has 1 N–H and O–H groups in total. The smallest absolute Gasteiger partial charge is 0.355 e. The zero-order valence-electron chi connectivity index (χ0n) is 17.2. The second-order valence-corrected chi connectivity index (χ2v) is 8.19. The number of halogens is 3. The third-order valence-electron chi connectivity index (χ3n) is 5.88. The second kappa shape index (κ2) is 7.93. The number of fused-ring (bicyclic) bond motifs is 1. The summed E-state index contributed by atoms with van der Waals surface area (Å²) in [6.07, 6.45) is 0.0831. The number of nitrogens with zero attached hydrogens (tertiary/aromatic N) is 3. The Morgan fingerprint density at radius 3 is 2.56 bits per heavy atom. The summed E-state index contributed by atoms with van der Waals surface area (Å²) in [5, 5.41) is 3.22. The van der Waals surface area contributed by atoms with Gasteiger partial charge in [0.15, 0.2) is 0 Å². The lowest BCUT2D eigenvalue weighted by molar-refractivity contribution is -0.137. The van der Waals surface area contributed by atoms with Crippen LogP contribution in [-0.4, -0.2) is 27.3 Å². The van der Waals surface area contributed by atoms with Crippen molar-refractivity contribution in [1.82, 2.24) is 14.9 Å². The number of hydrogen-bond donors (Lipinski definition) is 1. The molecular formula is C24H21F3N4O. The number of amides is 1. The molecule has 5 rings (SSSR count). The molecule has 1 aliphatic carbocycles. The van der Waals surface area contributed by atoms with Crippen LogP contribution in [0, 0.1) is 0 Å². The Kier molecular flexibility index (Phi) is 5.07. The Labute approximate surface area is 183 Å². The Balaban J connectivity index is 1.32. The first-order valence-electron chi connectivity index (χ1n) is 10.6. The molecule has 0 bridgehead atoms. The van der Waals surface area contributed by atoms with E-state index in [4.69, 9.17) is 0 Å². The van der Waals surface area contributed by atoms with Crippen molar-refractivity contribution in [3.8, 4) is 0 Å². The molecule has 2 aromatic carbocycles. The first kappa shape index (κ1) is 20.5. The fraction of sp³-hybridized carbons (Fsp3) is 0.292. The average Bonchev–Trinajstić information content (AvgIpc) is 3.64. The van der Waals surface area contributed by atoms with E-state index in [-0.39, 0.29) is 5.91 Å². The van der Waals surface area contributed by atoms with Gasteiger partial charge in [0, 0.05) is 36.6 Å². The number of aromatic nitrogens is 2. The van der Waals surface area contributed by atoms with Crippen LogP contribution in [0.25, 0.3) is 0 Å². The largest absolute Gasteiger partial charge is 0.416 e. The predicted molar refractivity (Wildman–Crippen MR) is 114 cm³/mol. The fourth-order valence-corrected chi connectivity index (χ4v) is 3.99. The van der Waals surface area contributed by atoms with E-state index in [1.165, 1.54) is 12.1 Å². The Morgan fingerprint density at radius 2 is 1.84 bits per heavy atom. The highest BCUT2D eigenvalue weighted by molar-refractivity contribution is 5.92.